The first kappa shape index (κ1) is 18.3. The zero-order valence-electron chi connectivity index (χ0n) is 14.4. The quantitative estimate of drug-likeness (QED) is 0.880. The predicted octanol–water partition coefficient (Wildman–Crippen LogP) is 1.90. The van der Waals surface area contributed by atoms with Crippen LogP contribution in [-0.4, -0.2) is 35.3 Å². The molecule has 0 radical (unpaired) electrons. The van der Waals surface area contributed by atoms with Gasteiger partial charge in [-0.3, -0.25) is 9.48 Å². The summed E-state index contributed by atoms with van der Waals surface area (Å²) < 4.78 is 1.92. The summed E-state index contributed by atoms with van der Waals surface area (Å²) in [5.74, 6) is 0.796. The molecule has 6 heteroatoms. The molecule has 0 spiro atoms. The number of aryl methyl sites for hydroxylation is 2. The van der Waals surface area contributed by atoms with Gasteiger partial charge in [-0.05, 0) is 51.1 Å². The largest absolute Gasteiger partial charge is 0.355 e. The number of carbonyl (C=O) groups is 1. The van der Waals surface area contributed by atoms with Crippen LogP contribution in [0.2, 0.25) is 0 Å². The third-order valence-electron chi connectivity index (χ3n) is 5.81. The van der Waals surface area contributed by atoms with Gasteiger partial charge in [0.1, 0.15) is 0 Å². The van der Waals surface area contributed by atoms with Crippen molar-refractivity contribution in [2.75, 3.05) is 19.6 Å². The van der Waals surface area contributed by atoms with Gasteiger partial charge < -0.3 is 10.6 Å². The minimum absolute atomic E-state index is 0. The Balaban J connectivity index is 0.00000192. The van der Waals surface area contributed by atoms with Crippen LogP contribution in [0.3, 0.4) is 0 Å². The Morgan fingerprint density at radius 3 is 2.91 bits per heavy atom. The molecule has 2 aliphatic rings. The molecule has 2 heterocycles. The fourth-order valence-electron chi connectivity index (χ4n) is 4.35. The van der Waals surface area contributed by atoms with Gasteiger partial charge in [0.25, 0.3) is 0 Å². The number of amides is 1. The molecule has 2 atom stereocenters. The van der Waals surface area contributed by atoms with Gasteiger partial charge >= 0.3 is 0 Å². The van der Waals surface area contributed by atoms with Crippen LogP contribution in [0.1, 0.15) is 42.6 Å². The van der Waals surface area contributed by atoms with Gasteiger partial charge in [-0.25, -0.2) is 0 Å². The summed E-state index contributed by atoms with van der Waals surface area (Å²) in [5.41, 5.74) is 3.40. The maximum Gasteiger partial charge on any atom is 0.227 e. The summed E-state index contributed by atoms with van der Waals surface area (Å²) in [7, 11) is 1.97. The summed E-state index contributed by atoms with van der Waals surface area (Å²) >= 11 is 0. The van der Waals surface area contributed by atoms with Gasteiger partial charge in [0.05, 0.1) is 11.1 Å². The molecule has 1 aliphatic heterocycles. The Bertz CT molecular complexity index is 571. The van der Waals surface area contributed by atoms with Crippen LogP contribution in [0.25, 0.3) is 0 Å². The lowest BCUT2D eigenvalue weighted by atomic mass is 9.67. The van der Waals surface area contributed by atoms with Crippen LogP contribution < -0.4 is 10.6 Å². The smallest absolute Gasteiger partial charge is 0.227 e. The van der Waals surface area contributed by atoms with Crippen molar-refractivity contribution < 1.29 is 4.79 Å². The fourth-order valence-corrected chi connectivity index (χ4v) is 4.35. The average Bonchev–Trinajstić information content (AvgIpc) is 3.04. The number of aromatic nitrogens is 2. The minimum Gasteiger partial charge on any atom is -0.355 e. The van der Waals surface area contributed by atoms with E-state index in [1.807, 2.05) is 18.7 Å². The van der Waals surface area contributed by atoms with Crippen molar-refractivity contribution in [3.63, 3.8) is 0 Å². The molecule has 2 N–H and O–H groups in total. The molecule has 1 amide bonds. The van der Waals surface area contributed by atoms with Gasteiger partial charge in [0.15, 0.2) is 0 Å². The molecule has 2 fully saturated rings. The van der Waals surface area contributed by atoms with Crippen LogP contribution in [0.5, 0.6) is 0 Å². The Morgan fingerprint density at radius 1 is 1.43 bits per heavy atom. The van der Waals surface area contributed by atoms with Crippen molar-refractivity contribution in [2.45, 2.75) is 46.0 Å². The van der Waals surface area contributed by atoms with Crippen LogP contribution in [0, 0.1) is 25.2 Å². The molecular formula is C17H29ClN4O. The maximum atomic E-state index is 12.8. The average molecular weight is 341 g/mol. The van der Waals surface area contributed by atoms with E-state index in [1.165, 1.54) is 30.5 Å². The van der Waals surface area contributed by atoms with Crippen molar-refractivity contribution in [3.8, 4) is 0 Å². The van der Waals surface area contributed by atoms with Gasteiger partial charge in [-0.1, -0.05) is 12.8 Å². The summed E-state index contributed by atoms with van der Waals surface area (Å²) in [6, 6.07) is 0. The predicted molar refractivity (Wildman–Crippen MR) is 93.9 cm³/mol. The topological polar surface area (TPSA) is 59.0 Å². The molecular weight excluding hydrogens is 312 g/mol. The molecule has 3 rings (SSSR count). The van der Waals surface area contributed by atoms with Crippen molar-refractivity contribution >= 4 is 18.3 Å². The molecule has 1 aromatic rings. The highest BCUT2D eigenvalue weighted by atomic mass is 35.5. The van der Waals surface area contributed by atoms with Crippen LogP contribution >= 0.6 is 12.4 Å². The Kier molecular flexibility index (Phi) is 5.74. The molecule has 1 aliphatic carbocycles. The zero-order valence-corrected chi connectivity index (χ0v) is 15.3. The van der Waals surface area contributed by atoms with E-state index in [2.05, 4.69) is 22.7 Å². The Labute approximate surface area is 145 Å². The summed E-state index contributed by atoms with van der Waals surface area (Å²) in [6.07, 6.45) is 5.57. The second kappa shape index (κ2) is 7.22. The normalized spacial score (nSPS) is 26.5. The highest BCUT2D eigenvalue weighted by Gasteiger charge is 2.49. The standard InChI is InChI=1S/C17H28N4O.ClH/c1-12-15(13(2)21(3)20-12)7-9-19-16(22)17-8-5-4-6-14(17)10-18-11-17;/h14,18H,4-11H2,1-3H3,(H,19,22);1H/t14-,17+;/m0./s1. The number of fused-ring (bicyclic) bond motifs is 1. The third-order valence-corrected chi connectivity index (χ3v) is 5.81. The van der Waals surface area contributed by atoms with Crippen molar-refractivity contribution in [1.82, 2.24) is 20.4 Å². The van der Waals surface area contributed by atoms with Gasteiger partial charge in [-0.2, -0.15) is 5.10 Å². The molecule has 1 saturated carbocycles. The van der Waals surface area contributed by atoms with E-state index >= 15 is 0 Å². The second-order valence-corrected chi connectivity index (χ2v) is 7.01. The molecule has 5 nitrogen and oxygen atoms in total. The number of hydrogen-bond donors (Lipinski definition) is 2. The lowest BCUT2D eigenvalue weighted by molar-refractivity contribution is -0.133. The minimum atomic E-state index is -0.142. The van der Waals surface area contributed by atoms with Crippen molar-refractivity contribution in [3.05, 3.63) is 17.0 Å². The van der Waals surface area contributed by atoms with Gasteiger partial charge in [0, 0.05) is 25.8 Å². The molecule has 0 unspecified atom stereocenters. The van der Waals surface area contributed by atoms with Crippen LogP contribution in [-0.2, 0) is 18.3 Å². The van der Waals surface area contributed by atoms with Gasteiger partial charge in [0.2, 0.25) is 5.91 Å². The van der Waals surface area contributed by atoms with E-state index in [0.29, 0.717) is 12.5 Å². The summed E-state index contributed by atoms with van der Waals surface area (Å²) in [4.78, 5) is 12.8. The summed E-state index contributed by atoms with van der Waals surface area (Å²) in [5, 5.41) is 11.1. The van der Waals surface area contributed by atoms with Crippen molar-refractivity contribution in [1.29, 1.82) is 0 Å². The first-order valence-electron chi connectivity index (χ1n) is 8.53. The second-order valence-electron chi connectivity index (χ2n) is 7.01. The lowest BCUT2D eigenvalue weighted by Gasteiger charge is -2.37. The third kappa shape index (κ3) is 3.26. The molecule has 0 bridgehead atoms. The number of nitrogens with zero attached hydrogens (tertiary/aromatic N) is 2. The van der Waals surface area contributed by atoms with E-state index in [0.717, 1.165) is 31.6 Å². The number of carbonyl (C=O) groups excluding carboxylic acids is 1. The Morgan fingerprint density at radius 2 is 2.22 bits per heavy atom. The molecule has 130 valence electrons. The molecule has 23 heavy (non-hydrogen) atoms. The maximum absolute atomic E-state index is 12.8. The van der Waals surface area contributed by atoms with E-state index in [9.17, 15) is 4.79 Å². The fraction of sp³-hybridized carbons (Fsp3) is 0.765. The number of hydrogen-bond acceptors (Lipinski definition) is 3. The zero-order chi connectivity index (χ0) is 15.7. The van der Waals surface area contributed by atoms with E-state index in [1.54, 1.807) is 0 Å². The summed E-state index contributed by atoms with van der Waals surface area (Å²) in [6.45, 7) is 6.71. The molecule has 0 aromatic carbocycles. The van der Waals surface area contributed by atoms with E-state index in [4.69, 9.17) is 0 Å². The first-order valence-corrected chi connectivity index (χ1v) is 8.53. The Hall–Kier alpha value is -1.07. The highest BCUT2D eigenvalue weighted by molar-refractivity contribution is 5.85. The van der Waals surface area contributed by atoms with Crippen molar-refractivity contribution in [2.24, 2.45) is 18.4 Å². The van der Waals surface area contributed by atoms with Crippen LogP contribution in [0.15, 0.2) is 0 Å². The first-order chi connectivity index (χ1) is 10.5. The SMILES string of the molecule is Cc1nn(C)c(C)c1CCNC(=O)[C@@]12CCCC[C@H]1CNC2.Cl. The monoisotopic (exact) mass is 340 g/mol. The van der Waals surface area contributed by atoms with Crippen LogP contribution in [0.4, 0.5) is 0 Å². The highest BCUT2D eigenvalue weighted by Crippen LogP contribution is 2.43. The molecule has 1 aromatic heterocycles. The molecule has 1 saturated heterocycles. The van der Waals surface area contributed by atoms with E-state index in [-0.39, 0.29) is 23.7 Å². The van der Waals surface area contributed by atoms with Gasteiger partial charge in [-0.15, -0.1) is 12.4 Å². The lowest BCUT2D eigenvalue weighted by Crippen LogP contribution is -2.48. The number of nitrogens with one attached hydrogen (secondary N) is 2. The van der Waals surface area contributed by atoms with E-state index < -0.39 is 0 Å². The number of rotatable bonds is 4. The number of halogens is 1.